The predicted molar refractivity (Wildman–Crippen MR) is 83.6 cm³/mol. The molecule has 0 saturated heterocycles. The van der Waals surface area contributed by atoms with Crippen molar-refractivity contribution >= 4 is 12.0 Å². The SMILES string of the molecule is CC(C)(C)OC(N)=O.CCOC(C(=O)NN)c1ccccc1. The van der Waals surface area contributed by atoms with E-state index in [2.05, 4.69) is 10.2 Å². The standard InChI is InChI=1S/C10H14N2O2.C5H11NO2/c1-2-14-9(10(13)12-11)8-6-4-3-5-7-8;1-5(2,3)8-4(6)7/h3-7,9H,2,11H2,1H3,(H,12,13);1-3H3,(H2,6,7). The van der Waals surface area contributed by atoms with Crippen molar-refractivity contribution in [1.82, 2.24) is 5.43 Å². The van der Waals surface area contributed by atoms with Crippen molar-refractivity contribution in [3.05, 3.63) is 35.9 Å². The van der Waals surface area contributed by atoms with Gasteiger partial charge >= 0.3 is 6.09 Å². The molecule has 0 aliphatic carbocycles. The molecule has 7 nitrogen and oxygen atoms in total. The molecule has 0 radical (unpaired) electrons. The zero-order valence-electron chi connectivity index (χ0n) is 13.5. The van der Waals surface area contributed by atoms with Gasteiger partial charge in [-0.2, -0.15) is 0 Å². The first-order valence-corrected chi connectivity index (χ1v) is 6.86. The van der Waals surface area contributed by atoms with Crippen LogP contribution < -0.4 is 17.0 Å². The van der Waals surface area contributed by atoms with Crippen LogP contribution in [0.2, 0.25) is 0 Å². The number of primary amides is 1. The third-order valence-corrected chi connectivity index (χ3v) is 2.22. The first kappa shape index (κ1) is 19.9. The second-order valence-corrected chi connectivity index (χ2v) is 5.29. The number of hydrazine groups is 1. The Morgan fingerprint density at radius 1 is 1.23 bits per heavy atom. The van der Waals surface area contributed by atoms with Crippen LogP contribution in [0.1, 0.15) is 39.4 Å². The first-order valence-electron chi connectivity index (χ1n) is 6.86. The Balaban J connectivity index is 0.000000472. The molecular formula is C15H25N3O4. The van der Waals surface area contributed by atoms with E-state index in [9.17, 15) is 9.59 Å². The third kappa shape index (κ3) is 8.93. The molecule has 124 valence electrons. The molecule has 0 spiro atoms. The van der Waals surface area contributed by atoms with Gasteiger partial charge < -0.3 is 15.2 Å². The summed E-state index contributed by atoms with van der Waals surface area (Å²) in [4.78, 5) is 21.4. The second-order valence-electron chi connectivity index (χ2n) is 5.29. The van der Waals surface area contributed by atoms with Gasteiger partial charge in [-0.05, 0) is 33.3 Å². The minimum absolute atomic E-state index is 0.335. The van der Waals surface area contributed by atoms with Crippen molar-refractivity contribution in [3.8, 4) is 0 Å². The predicted octanol–water partition coefficient (Wildman–Crippen LogP) is 1.63. The lowest BCUT2D eigenvalue weighted by Crippen LogP contribution is -2.35. The molecule has 0 saturated carbocycles. The summed E-state index contributed by atoms with van der Waals surface area (Å²) < 4.78 is 9.87. The second kappa shape index (κ2) is 9.75. The summed E-state index contributed by atoms with van der Waals surface area (Å²) in [5.41, 5.74) is 7.15. The third-order valence-electron chi connectivity index (χ3n) is 2.22. The summed E-state index contributed by atoms with van der Waals surface area (Å²) in [6.45, 7) is 7.58. The van der Waals surface area contributed by atoms with Gasteiger partial charge in [-0.25, -0.2) is 10.6 Å². The molecule has 7 heteroatoms. The fourth-order valence-electron chi connectivity index (χ4n) is 1.50. The lowest BCUT2D eigenvalue weighted by atomic mass is 10.1. The maximum Gasteiger partial charge on any atom is 0.405 e. The fraction of sp³-hybridized carbons (Fsp3) is 0.467. The van der Waals surface area contributed by atoms with E-state index in [1.807, 2.05) is 37.3 Å². The molecule has 0 aromatic heterocycles. The fourth-order valence-corrected chi connectivity index (χ4v) is 1.50. The van der Waals surface area contributed by atoms with Crippen LogP contribution in [0.4, 0.5) is 4.79 Å². The van der Waals surface area contributed by atoms with Crippen LogP contribution in [0.25, 0.3) is 0 Å². The molecule has 1 unspecified atom stereocenters. The summed E-state index contributed by atoms with van der Waals surface area (Å²) in [5.74, 6) is 4.73. The maximum atomic E-state index is 11.3. The Kier molecular flexibility index (Phi) is 8.81. The molecule has 2 amide bonds. The topological polar surface area (TPSA) is 117 Å². The maximum absolute atomic E-state index is 11.3. The molecular weight excluding hydrogens is 286 g/mol. The van der Waals surface area contributed by atoms with Crippen LogP contribution in [0, 0.1) is 0 Å². The Labute approximate surface area is 130 Å². The first-order chi connectivity index (χ1) is 10.2. The van der Waals surface area contributed by atoms with E-state index in [0.29, 0.717) is 6.61 Å². The number of nitrogens with two attached hydrogens (primary N) is 2. The average molecular weight is 311 g/mol. The average Bonchev–Trinajstić information content (AvgIpc) is 2.43. The molecule has 22 heavy (non-hydrogen) atoms. The van der Waals surface area contributed by atoms with E-state index in [4.69, 9.17) is 16.3 Å². The summed E-state index contributed by atoms with van der Waals surface area (Å²) in [7, 11) is 0. The summed E-state index contributed by atoms with van der Waals surface area (Å²) >= 11 is 0. The molecule has 5 N–H and O–H groups in total. The number of rotatable bonds is 4. The van der Waals surface area contributed by atoms with Gasteiger partial charge in [0.2, 0.25) is 0 Å². The van der Waals surface area contributed by atoms with Gasteiger partial charge in [-0.15, -0.1) is 0 Å². The van der Waals surface area contributed by atoms with Crippen molar-refractivity contribution in [3.63, 3.8) is 0 Å². The van der Waals surface area contributed by atoms with Gasteiger partial charge in [0.25, 0.3) is 5.91 Å². The van der Waals surface area contributed by atoms with E-state index in [0.717, 1.165) is 5.56 Å². The van der Waals surface area contributed by atoms with Crippen LogP contribution in [-0.4, -0.2) is 24.2 Å². The van der Waals surface area contributed by atoms with E-state index in [-0.39, 0.29) is 5.91 Å². The molecule has 1 aromatic rings. The largest absolute Gasteiger partial charge is 0.444 e. The summed E-state index contributed by atoms with van der Waals surface area (Å²) in [5, 5.41) is 0. The molecule has 0 aliphatic rings. The zero-order valence-corrected chi connectivity index (χ0v) is 13.5. The number of hydrogen-bond acceptors (Lipinski definition) is 5. The van der Waals surface area contributed by atoms with Crippen molar-refractivity contribution < 1.29 is 19.1 Å². The van der Waals surface area contributed by atoms with Gasteiger partial charge in [0, 0.05) is 6.61 Å². The van der Waals surface area contributed by atoms with Gasteiger partial charge in [-0.1, -0.05) is 30.3 Å². The Bertz CT molecular complexity index is 458. The van der Waals surface area contributed by atoms with Gasteiger partial charge in [0.1, 0.15) is 5.60 Å². The van der Waals surface area contributed by atoms with Crippen LogP contribution in [0.3, 0.4) is 0 Å². The molecule has 0 fully saturated rings. The highest BCUT2D eigenvalue weighted by Crippen LogP contribution is 2.16. The normalized spacial score (nSPS) is 11.7. The molecule has 0 heterocycles. The van der Waals surface area contributed by atoms with Crippen LogP contribution in [-0.2, 0) is 14.3 Å². The smallest absolute Gasteiger partial charge is 0.405 e. The molecule has 1 aromatic carbocycles. The highest BCUT2D eigenvalue weighted by atomic mass is 16.6. The van der Waals surface area contributed by atoms with E-state index >= 15 is 0 Å². The number of carbonyl (C=O) groups excluding carboxylic acids is 2. The molecule has 0 aliphatic heterocycles. The van der Waals surface area contributed by atoms with Crippen LogP contribution >= 0.6 is 0 Å². The number of ether oxygens (including phenoxy) is 2. The number of hydrogen-bond donors (Lipinski definition) is 3. The molecule has 1 rings (SSSR count). The van der Waals surface area contributed by atoms with Gasteiger partial charge in [-0.3, -0.25) is 10.2 Å². The number of benzene rings is 1. The lowest BCUT2D eigenvalue weighted by molar-refractivity contribution is -0.133. The van der Waals surface area contributed by atoms with Crippen LogP contribution in [0.15, 0.2) is 30.3 Å². The van der Waals surface area contributed by atoms with Gasteiger partial charge in [0.15, 0.2) is 6.10 Å². The molecule has 0 bridgehead atoms. The Morgan fingerprint density at radius 2 is 1.77 bits per heavy atom. The number of nitrogens with one attached hydrogen (secondary N) is 1. The van der Waals surface area contributed by atoms with Crippen molar-refractivity contribution in [1.29, 1.82) is 0 Å². The van der Waals surface area contributed by atoms with E-state index in [1.165, 1.54) is 0 Å². The van der Waals surface area contributed by atoms with Crippen molar-refractivity contribution in [2.24, 2.45) is 11.6 Å². The highest BCUT2D eigenvalue weighted by Gasteiger charge is 2.19. The van der Waals surface area contributed by atoms with Crippen molar-refractivity contribution in [2.75, 3.05) is 6.61 Å². The summed E-state index contributed by atoms with van der Waals surface area (Å²) in [6.07, 6.45) is -1.34. The highest BCUT2D eigenvalue weighted by molar-refractivity contribution is 5.81. The Morgan fingerprint density at radius 3 is 2.09 bits per heavy atom. The van der Waals surface area contributed by atoms with E-state index < -0.39 is 17.8 Å². The zero-order chi connectivity index (χ0) is 17.2. The number of carbonyl (C=O) groups is 2. The minimum atomic E-state index is -0.725. The lowest BCUT2D eigenvalue weighted by Gasteiger charge is -2.16. The van der Waals surface area contributed by atoms with Crippen molar-refractivity contribution in [2.45, 2.75) is 39.4 Å². The Hall–Kier alpha value is -2.12. The van der Waals surface area contributed by atoms with Gasteiger partial charge in [0.05, 0.1) is 0 Å². The van der Waals surface area contributed by atoms with Crippen LogP contribution in [0.5, 0.6) is 0 Å². The monoisotopic (exact) mass is 311 g/mol. The number of amides is 2. The quantitative estimate of drug-likeness (QED) is 0.444. The minimum Gasteiger partial charge on any atom is -0.444 e. The molecule has 1 atom stereocenters. The van der Waals surface area contributed by atoms with E-state index in [1.54, 1.807) is 20.8 Å². The summed E-state index contributed by atoms with van der Waals surface area (Å²) in [6, 6.07) is 9.24.